The van der Waals surface area contributed by atoms with Crippen LogP contribution in [-0.2, 0) is 17.9 Å². The number of nitrogens with zero attached hydrogens (tertiary/aromatic N) is 4. The summed E-state index contributed by atoms with van der Waals surface area (Å²) in [4.78, 5) is 14.2. The Balaban J connectivity index is 1.67. The molecule has 17 heavy (non-hydrogen) atoms. The Kier molecular flexibility index (Phi) is 2.80. The molecule has 1 saturated heterocycles. The van der Waals surface area contributed by atoms with Crippen LogP contribution >= 0.6 is 0 Å². The number of fused-ring (bicyclic) bond motifs is 1. The predicted octanol–water partition coefficient (Wildman–Crippen LogP) is -0.380. The predicted molar refractivity (Wildman–Crippen MR) is 61.0 cm³/mol. The average Bonchev–Trinajstić information content (AvgIpc) is 2.86. The highest BCUT2D eigenvalue weighted by molar-refractivity contribution is 5.79. The van der Waals surface area contributed by atoms with Gasteiger partial charge in [0.25, 0.3) is 0 Å². The summed E-state index contributed by atoms with van der Waals surface area (Å²) in [7, 11) is 0. The minimum Gasteiger partial charge on any atom is -0.333 e. The van der Waals surface area contributed by atoms with Crippen molar-refractivity contribution in [2.75, 3.05) is 19.6 Å². The number of rotatable bonds is 1. The van der Waals surface area contributed by atoms with E-state index in [4.69, 9.17) is 0 Å². The van der Waals surface area contributed by atoms with Gasteiger partial charge in [0.1, 0.15) is 6.33 Å². The fourth-order valence-corrected chi connectivity index (χ4v) is 2.58. The van der Waals surface area contributed by atoms with E-state index in [0.717, 1.165) is 44.8 Å². The molecule has 92 valence electrons. The van der Waals surface area contributed by atoms with Gasteiger partial charge in [-0.3, -0.25) is 4.79 Å². The molecular formula is C11H17N5O. The smallest absolute Gasteiger partial charge is 0.227 e. The molecule has 1 aromatic heterocycles. The largest absolute Gasteiger partial charge is 0.333 e. The van der Waals surface area contributed by atoms with Crippen molar-refractivity contribution in [2.24, 2.45) is 5.92 Å². The van der Waals surface area contributed by atoms with Gasteiger partial charge in [-0.25, -0.2) is 0 Å². The molecule has 2 aliphatic heterocycles. The maximum absolute atomic E-state index is 12.3. The van der Waals surface area contributed by atoms with Gasteiger partial charge < -0.3 is 14.8 Å². The topological polar surface area (TPSA) is 63.1 Å². The van der Waals surface area contributed by atoms with Crippen LogP contribution in [0, 0.1) is 5.92 Å². The molecule has 0 bridgehead atoms. The van der Waals surface area contributed by atoms with Gasteiger partial charge in [0.2, 0.25) is 5.91 Å². The van der Waals surface area contributed by atoms with Gasteiger partial charge in [0, 0.05) is 19.6 Å². The molecule has 3 rings (SSSR count). The lowest BCUT2D eigenvalue weighted by Gasteiger charge is -2.32. The van der Waals surface area contributed by atoms with Crippen molar-refractivity contribution < 1.29 is 4.79 Å². The molecule has 0 aliphatic carbocycles. The molecule has 6 nitrogen and oxygen atoms in total. The van der Waals surface area contributed by atoms with Crippen molar-refractivity contribution in [1.82, 2.24) is 25.0 Å². The number of amides is 1. The number of nitrogens with one attached hydrogen (secondary N) is 1. The molecule has 1 fully saturated rings. The van der Waals surface area contributed by atoms with Gasteiger partial charge in [0.05, 0.1) is 12.5 Å². The van der Waals surface area contributed by atoms with Gasteiger partial charge in [0.15, 0.2) is 5.82 Å². The molecule has 0 unspecified atom stereocenters. The van der Waals surface area contributed by atoms with Gasteiger partial charge in [-0.1, -0.05) is 0 Å². The molecule has 3 heterocycles. The van der Waals surface area contributed by atoms with Crippen LogP contribution in [0.15, 0.2) is 6.33 Å². The Morgan fingerprint density at radius 2 is 2.41 bits per heavy atom. The second-order valence-corrected chi connectivity index (χ2v) is 4.74. The summed E-state index contributed by atoms with van der Waals surface area (Å²) in [5, 5.41) is 11.2. The fraction of sp³-hybridized carbons (Fsp3) is 0.727. The van der Waals surface area contributed by atoms with E-state index in [-0.39, 0.29) is 11.8 Å². The van der Waals surface area contributed by atoms with Gasteiger partial charge >= 0.3 is 0 Å². The lowest BCUT2D eigenvalue weighted by molar-refractivity contribution is -0.137. The third-order valence-electron chi connectivity index (χ3n) is 3.60. The molecule has 0 saturated carbocycles. The van der Waals surface area contributed by atoms with Gasteiger partial charge in [-0.2, -0.15) is 0 Å². The lowest BCUT2D eigenvalue weighted by Crippen LogP contribution is -2.45. The zero-order valence-corrected chi connectivity index (χ0v) is 9.80. The number of piperidine rings is 1. The summed E-state index contributed by atoms with van der Waals surface area (Å²) < 4.78 is 2.02. The van der Waals surface area contributed by atoms with E-state index < -0.39 is 0 Å². The standard InChI is InChI=1S/C11H17N5O/c17-11(9-2-1-3-12-6-9)15-4-5-16-8-13-14-10(16)7-15/h8-9,12H,1-7H2/t9-/m0/s1. The first kappa shape index (κ1) is 10.7. The summed E-state index contributed by atoms with van der Waals surface area (Å²) in [5.74, 6) is 1.32. The highest BCUT2D eigenvalue weighted by Crippen LogP contribution is 2.17. The van der Waals surface area contributed by atoms with Crippen LogP contribution in [0.4, 0.5) is 0 Å². The second-order valence-electron chi connectivity index (χ2n) is 4.74. The molecule has 2 aliphatic rings. The third kappa shape index (κ3) is 2.04. The lowest BCUT2D eigenvalue weighted by atomic mass is 9.98. The molecule has 0 aromatic carbocycles. The number of aromatic nitrogens is 3. The Hall–Kier alpha value is -1.43. The third-order valence-corrected chi connectivity index (χ3v) is 3.60. The number of hydrogen-bond donors (Lipinski definition) is 1. The van der Waals surface area contributed by atoms with Gasteiger partial charge in [-0.05, 0) is 19.4 Å². The van der Waals surface area contributed by atoms with Crippen LogP contribution in [0.5, 0.6) is 0 Å². The second kappa shape index (κ2) is 4.44. The number of carbonyl (C=O) groups excluding carboxylic acids is 1. The summed E-state index contributed by atoms with van der Waals surface area (Å²) in [6.45, 7) is 4.06. The van der Waals surface area contributed by atoms with Crippen LogP contribution in [0.25, 0.3) is 0 Å². The highest BCUT2D eigenvalue weighted by atomic mass is 16.2. The summed E-state index contributed by atoms with van der Waals surface area (Å²) in [5.41, 5.74) is 0. The molecule has 6 heteroatoms. The summed E-state index contributed by atoms with van der Waals surface area (Å²) >= 11 is 0. The zero-order valence-electron chi connectivity index (χ0n) is 9.80. The van der Waals surface area contributed by atoms with Crippen molar-refractivity contribution in [3.8, 4) is 0 Å². The maximum atomic E-state index is 12.3. The number of hydrogen-bond acceptors (Lipinski definition) is 4. The van der Waals surface area contributed by atoms with Crippen molar-refractivity contribution in [3.05, 3.63) is 12.2 Å². The van der Waals surface area contributed by atoms with E-state index in [0.29, 0.717) is 6.54 Å². The normalized spacial score (nSPS) is 24.5. The van der Waals surface area contributed by atoms with Crippen LogP contribution in [-0.4, -0.2) is 45.2 Å². The van der Waals surface area contributed by atoms with Crippen molar-refractivity contribution in [2.45, 2.75) is 25.9 Å². The fourth-order valence-electron chi connectivity index (χ4n) is 2.58. The van der Waals surface area contributed by atoms with Crippen molar-refractivity contribution in [1.29, 1.82) is 0 Å². The molecule has 0 radical (unpaired) electrons. The Morgan fingerprint density at radius 3 is 3.24 bits per heavy atom. The van der Waals surface area contributed by atoms with Crippen molar-refractivity contribution >= 4 is 5.91 Å². The zero-order chi connectivity index (χ0) is 11.7. The maximum Gasteiger partial charge on any atom is 0.227 e. The average molecular weight is 235 g/mol. The van der Waals surface area contributed by atoms with Gasteiger partial charge in [-0.15, -0.1) is 10.2 Å². The summed E-state index contributed by atoms with van der Waals surface area (Å²) in [6, 6.07) is 0. The molecular weight excluding hydrogens is 218 g/mol. The minimum atomic E-state index is 0.151. The Labute approximate surface area is 100 Å². The Morgan fingerprint density at radius 1 is 1.47 bits per heavy atom. The van der Waals surface area contributed by atoms with Crippen molar-refractivity contribution in [3.63, 3.8) is 0 Å². The molecule has 1 N–H and O–H groups in total. The highest BCUT2D eigenvalue weighted by Gasteiger charge is 2.28. The van der Waals surface area contributed by atoms with E-state index in [1.807, 2.05) is 9.47 Å². The van der Waals surface area contributed by atoms with Crippen LogP contribution in [0.1, 0.15) is 18.7 Å². The minimum absolute atomic E-state index is 0.151. The van der Waals surface area contributed by atoms with Crippen LogP contribution in [0.3, 0.4) is 0 Å². The Bertz CT molecular complexity index is 410. The number of carbonyl (C=O) groups is 1. The van der Waals surface area contributed by atoms with E-state index in [1.54, 1.807) is 6.33 Å². The van der Waals surface area contributed by atoms with Crippen LogP contribution < -0.4 is 5.32 Å². The van der Waals surface area contributed by atoms with E-state index >= 15 is 0 Å². The first-order valence-electron chi connectivity index (χ1n) is 6.21. The molecule has 0 spiro atoms. The molecule has 1 atom stereocenters. The monoisotopic (exact) mass is 235 g/mol. The first-order chi connectivity index (χ1) is 8.34. The molecule has 1 aromatic rings. The first-order valence-corrected chi connectivity index (χ1v) is 6.21. The summed E-state index contributed by atoms with van der Waals surface area (Å²) in [6.07, 6.45) is 3.84. The quantitative estimate of drug-likeness (QED) is 0.720. The van der Waals surface area contributed by atoms with E-state index in [1.165, 1.54) is 0 Å². The van der Waals surface area contributed by atoms with Crippen LogP contribution in [0.2, 0.25) is 0 Å². The van der Waals surface area contributed by atoms with E-state index in [9.17, 15) is 4.79 Å². The van der Waals surface area contributed by atoms with E-state index in [2.05, 4.69) is 15.5 Å². The molecule has 1 amide bonds. The SMILES string of the molecule is O=C([C@H]1CCCNC1)N1CCn2cnnc2C1.